The van der Waals surface area contributed by atoms with E-state index in [-0.39, 0.29) is 0 Å². The Bertz CT molecular complexity index is 150. The first-order valence-corrected chi connectivity index (χ1v) is 7.94. The smallest absolute Gasteiger partial charge is 0.00697 e. The highest BCUT2D eigenvalue weighted by Crippen LogP contribution is 2.25. The lowest BCUT2D eigenvalue weighted by Gasteiger charge is -2.27. The fraction of sp³-hybridized carbons (Fsp3) is 1.00. The molecule has 0 saturated heterocycles. The third-order valence-corrected chi connectivity index (χ3v) is 4.07. The van der Waals surface area contributed by atoms with E-state index >= 15 is 0 Å². The van der Waals surface area contributed by atoms with Gasteiger partial charge in [0.2, 0.25) is 0 Å². The topological polar surface area (TPSA) is 26.0 Å². The molecular formula is C16H35N. The van der Waals surface area contributed by atoms with Gasteiger partial charge in [-0.25, -0.2) is 0 Å². The van der Waals surface area contributed by atoms with Crippen LogP contribution in [0.5, 0.6) is 0 Å². The van der Waals surface area contributed by atoms with Gasteiger partial charge in [-0.2, -0.15) is 0 Å². The zero-order chi connectivity index (χ0) is 13.1. The summed E-state index contributed by atoms with van der Waals surface area (Å²) in [5, 5.41) is 0. The molecule has 0 fully saturated rings. The molecule has 0 aliphatic heterocycles. The second-order valence-electron chi connectivity index (χ2n) is 5.65. The lowest BCUT2D eigenvalue weighted by molar-refractivity contribution is 0.290. The van der Waals surface area contributed by atoms with Crippen LogP contribution in [0.2, 0.25) is 0 Å². The lowest BCUT2D eigenvalue weighted by atomic mass is 9.83. The molecule has 17 heavy (non-hydrogen) atoms. The zero-order valence-corrected chi connectivity index (χ0v) is 12.7. The second kappa shape index (κ2) is 11.1. The molecule has 0 aromatic carbocycles. The van der Waals surface area contributed by atoms with Crippen molar-refractivity contribution in [3.63, 3.8) is 0 Å². The van der Waals surface area contributed by atoms with Gasteiger partial charge < -0.3 is 5.73 Å². The van der Waals surface area contributed by atoms with E-state index in [1.54, 1.807) is 0 Å². The van der Waals surface area contributed by atoms with E-state index in [2.05, 4.69) is 27.7 Å². The average Bonchev–Trinajstić information content (AvgIpc) is 2.33. The van der Waals surface area contributed by atoms with Crippen molar-refractivity contribution in [2.75, 3.05) is 0 Å². The summed E-state index contributed by atoms with van der Waals surface area (Å²) in [6.07, 6.45) is 11.8. The maximum absolute atomic E-state index is 6.44. The Morgan fingerprint density at radius 2 is 1.41 bits per heavy atom. The van der Waals surface area contributed by atoms with Gasteiger partial charge in [0.1, 0.15) is 0 Å². The normalized spacial score (nSPS) is 15.2. The molecule has 0 heterocycles. The molecule has 0 aliphatic rings. The molecule has 1 heteroatoms. The minimum atomic E-state index is 0.441. The van der Waals surface area contributed by atoms with Gasteiger partial charge in [-0.05, 0) is 31.1 Å². The molecule has 1 nitrogen and oxygen atoms in total. The number of rotatable bonds is 11. The Balaban J connectivity index is 4.09. The summed E-state index contributed by atoms with van der Waals surface area (Å²) in [6.45, 7) is 9.17. The maximum atomic E-state index is 6.44. The summed E-state index contributed by atoms with van der Waals surface area (Å²) in [4.78, 5) is 0. The second-order valence-corrected chi connectivity index (χ2v) is 5.65. The molecule has 2 N–H and O–H groups in total. The third kappa shape index (κ3) is 7.81. The highest BCUT2D eigenvalue weighted by atomic mass is 14.6. The van der Waals surface area contributed by atoms with Gasteiger partial charge in [-0.15, -0.1) is 0 Å². The Morgan fingerprint density at radius 3 is 1.82 bits per heavy atom. The van der Waals surface area contributed by atoms with Gasteiger partial charge in [-0.1, -0.05) is 66.2 Å². The Morgan fingerprint density at radius 1 is 0.824 bits per heavy atom. The first kappa shape index (κ1) is 17.0. The lowest BCUT2D eigenvalue weighted by Crippen LogP contribution is -2.32. The molecule has 0 amide bonds. The van der Waals surface area contributed by atoms with Crippen LogP contribution < -0.4 is 5.73 Å². The molecule has 2 unspecified atom stereocenters. The molecule has 104 valence electrons. The molecule has 0 aliphatic carbocycles. The molecule has 0 aromatic rings. The van der Waals surface area contributed by atoms with Crippen molar-refractivity contribution in [2.45, 2.75) is 91.5 Å². The van der Waals surface area contributed by atoms with Crippen LogP contribution in [0.4, 0.5) is 0 Å². The fourth-order valence-corrected chi connectivity index (χ4v) is 2.87. The zero-order valence-electron chi connectivity index (χ0n) is 12.7. The Kier molecular flexibility index (Phi) is 11.0. The predicted octanol–water partition coefficient (Wildman–Crippen LogP) is 5.14. The van der Waals surface area contributed by atoms with Gasteiger partial charge in [-0.3, -0.25) is 0 Å². The van der Waals surface area contributed by atoms with Crippen LogP contribution in [0.25, 0.3) is 0 Å². The van der Waals surface area contributed by atoms with Crippen molar-refractivity contribution in [1.82, 2.24) is 0 Å². The average molecular weight is 241 g/mol. The van der Waals surface area contributed by atoms with E-state index in [1.165, 1.54) is 57.8 Å². The molecule has 0 spiro atoms. The van der Waals surface area contributed by atoms with Crippen molar-refractivity contribution >= 4 is 0 Å². The molecule has 0 radical (unpaired) electrons. The van der Waals surface area contributed by atoms with Crippen LogP contribution in [0.3, 0.4) is 0 Å². The SMILES string of the molecule is CCCCC(CC)CC(N)C(CCC)CCC. The van der Waals surface area contributed by atoms with Crippen LogP contribution >= 0.6 is 0 Å². The molecule has 0 rings (SSSR count). The highest BCUT2D eigenvalue weighted by molar-refractivity contribution is 4.76. The van der Waals surface area contributed by atoms with Gasteiger partial charge in [0.05, 0.1) is 0 Å². The van der Waals surface area contributed by atoms with Crippen LogP contribution in [0.1, 0.15) is 85.5 Å². The molecule has 0 saturated carbocycles. The van der Waals surface area contributed by atoms with Gasteiger partial charge in [0, 0.05) is 6.04 Å². The summed E-state index contributed by atoms with van der Waals surface area (Å²) in [6, 6.07) is 0.441. The van der Waals surface area contributed by atoms with E-state index in [0.717, 1.165) is 11.8 Å². The Hall–Kier alpha value is -0.0400. The van der Waals surface area contributed by atoms with Crippen molar-refractivity contribution < 1.29 is 0 Å². The summed E-state index contributed by atoms with van der Waals surface area (Å²) in [5.41, 5.74) is 6.44. The first-order chi connectivity index (χ1) is 8.19. The summed E-state index contributed by atoms with van der Waals surface area (Å²) in [5.74, 6) is 1.63. The van der Waals surface area contributed by atoms with Crippen molar-refractivity contribution in [2.24, 2.45) is 17.6 Å². The standard InChI is InChI=1S/C16H35N/c1-5-9-12-14(8-4)13-16(17)15(10-6-2)11-7-3/h14-16H,5-13,17H2,1-4H3. The fourth-order valence-electron chi connectivity index (χ4n) is 2.87. The number of unbranched alkanes of at least 4 members (excludes halogenated alkanes) is 1. The third-order valence-electron chi connectivity index (χ3n) is 4.07. The monoisotopic (exact) mass is 241 g/mol. The highest BCUT2D eigenvalue weighted by Gasteiger charge is 2.19. The van der Waals surface area contributed by atoms with E-state index < -0.39 is 0 Å². The van der Waals surface area contributed by atoms with Crippen LogP contribution in [-0.4, -0.2) is 6.04 Å². The molecule has 0 bridgehead atoms. The minimum absolute atomic E-state index is 0.441. The summed E-state index contributed by atoms with van der Waals surface area (Å²) in [7, 11) is 0. The number of hydrogen-bond donors (Lipinski definition) is 1. The van der Waals surface area contributed by atoms with Gasteiger partial charge in [0.15, 0.2) is 0 Å². The van der Waals surface area contributed by atoms with Crippen LogP contribution in [0.15, 0.2) is 0 Å². The van der Waals surface area contributed by atoms with E-state index in [9.17, 15) is 0 Å². The summed E-state index contributed by atoms with van der Waals surface area (Å²) < 4.78 is 0. The van der Waals surface area contributed by atoms with Crippen molar-refractivity contribution in [3.05, 3.63) is 0 Å². The molecule has 0 aromatic heterocycles. The van der Waals surface area contributed by atoms with Crippen molar-refractivity contribution in [3.8, 4) is 0 Å². The van der Waals surface area contributed by atoms with Crippen LogP contribution in [0, 0.1) is 11.8 Å². The van der Waals surface area contributed by atoms with Gasteiger partial charge in [0.25, 0.3) is 0 Å². The van der Waals surface area contributed by atoms with Gasteiger partial charge >= 0.3 is 0 Å². The van der Waals surface area contributed by atoms with Crippen LogP contribution in [-0.2, 0) is 0 Å². The predicted molar refractivity (Wildman–Crippen MR) is 79.2 cm³/mol. The maximum Gasteiger partial charge on any atom is 0.00697 e. The van der Waals surface area contributed by atoms with E-state index in [0.29, 0.717) is 6.04 Å². The van der Waals surface area contributed by atoms with Crippen molar-refractivity contribution in [1.29, 1.82) is 0 Å². The first-order valence-electron chi connectivity index (χ1n) is 7.94. The quantitative estimate of drug-likeness (QED) is 0.533. The Labute approximate surface area is 110 Å². The van der Waals surface area contributed by atoms with E-state index in [4.69, 9.17) is 5.73 Å². The largest absolute Gasteiger partial charge is 0.327 e. The molecule has 2 atom stereocenters. The summed E-state index contributed by atoms with van der Waals surface area (Å²) >= 11 is 0. The number of hydrogen-bond acceptors (Lipinski definition) is 1. The number of nitrogens with two attached hydrogens (primary N) is 1. The minimum Gasteiger partial charge on any atom is -0.327 e. The van der Waals surface area contributed by atoms with E-state index in [1.807, 2.05) is 0 Å². The molecular weight excluding hydrogens is 206 g/mol.